The molecule has 0 aliphatic rings. The molecule has 4 nitrogen and oxygen atoms in total. The second-order valence-corrected chi connectivity index (χ2v) is 7.91. The van der Waals surface area contributed by atoms with Gasteiger partial charge in [-0.3, -0.25) is 4.79 Å². The molecule has 0 aliphatic heterocycles. The molecule has 1 N–H and O–H groups in total. The van der Waals surface area contributed by atoms with Gasteiger partial charge in [-0.15, -0.1) is 0 Å². The summed E-state index contributed by atoms with van der Waals surface area (Å²) in [7, 11) is 0. The number of carbonyl (C=O) groups excluding carboxylic acids is 1. The number of fused-ring (bicyclic) bond motifs is 1. The van der Waals surface area contributed by atoms with Gasteiger partial charge in [0.2, 0.25) is 0 Å². The monoisotopic (exact) mass is 473 g/mol. The molecule has 0 saturated heterocycles. The molecule has 4 rings (SSSR count). The molecule has 1 heterocycles. The van der Waals surface area contributed by atoms with Gasteiger partial charge in [-0.05, 0) is 54.1 Å². The van der Waals surface area contributed by atoms with Crippen molar-refractivity contribution in [3.8, 4) is 6.07 Å². The van der Waals surface area contributed by atoms with Crippen LogP contribution in [0.1, 0.15) is 11.1 Å². The second-order valence-electron chi connectivity index (χ2n) is 6.99. The molecule has 0 radical (unpaired) electrons. The van der Waals surface area contributed by atoms with Gasteiger partial charge in [0, 0.05) is 39.4 Å². The van der Waals surface area contributed by atoms with E-state index in [1.807, 2.05) is 59.3 Å². The standard InChI is InChI=1S/C25H17BrFN3O/c26-20-8-10-22(11-9-20)29-25(31)18(14-28)13-19-16-30(24-7-2-1-6-23(19)24)15-17-4-3-5-21(27)12-17/h1-13,16H,15H2,(H,29,31)/b18-13+. The van der Waals surface area contributed by atoms with Gasteiger partial charge in [-0.25, -0.2) is 4.39 Å². The number of benzene rings is 3. The van der Waals surface area contributed by atoms with Crippen LogP contribution in [0.4, 0.5) is 10.1 Å². The lowest BCUT2D eigenvalue weighted by atomic mass is 10.1. The quantitative estimate of drug-likeness (QED) is 0.279. The first-order valence-electron chi connectivity index (χ1n) is 9.54. The van der Waals surface area contributed by atoms with E-state index >= 15 is 0 Å². The largest absolute Gasteiger partial charge is 0.342 e. The number of nitrogens with zero attached hydrogens (tertiary/aromatic N) is 2. The van der Waals surface area contributed by atoms with Crippen LogP contribution in [-0.2, 0) is 11.3 Å². The van der Waals surface area contributed by atoms with Gasteiger partial charge in [0.15, 0.2) is 0 Å². The lowest BCUT2D eigenvalue weighted by Gasteiger charge is -2.05. The summed E-state index contributed by atoms with van der Waals surface area (Å²) in [4.78, 5) is 12.6. The van der Waals surface area contributed by atoms with Crippen molar-refractivity contribution in [1.29, 1.82) is 5.26 Å². The Labute approximate surface area is 187 Å². The summed E-state index contributed by atoms with van der Waals surface area (Å²) in [5.41, 5.74) is 3.10. The summed E-state index contributed by atoms with van der Waals surface area (Å²) in [5, 5.41) is 13.2. The third-order valence-electron chi connectivity index (χ3n) is 4.83. The van der Waals surface area contributed by atoms with E-state index in [4.69, 9.17) is 0 Å². The smallest absolute Gasteiger partial charge is 0.266 e. The van der Waals surface area contributed by atoms with E-state index in [0.29, 0.717) is 12.2 Å². The summed E-state index contributed by atoms with van der Waals surface area (Å²) < 4.78 is 16.5. The number of nitriles is 1. The molecule has 4 aromatic rings. The first kappa shape index (κ1) is 20.6. The molecule has 0 bridgehead atoms. The Morgan fingerprint density at radius 1 is 1.10 bits per heavy atom. The van der Waals surface area contributed by atoms with Crippen LogP contribution in [0, 0.1) is 17.1 Å². The summed E-state index contributed by atoms with van der Waals surface area (Å²) in [6, 6.07) is 23.3. The minimum atomic E-state index is -0.480. The molecule has 0 atom stereocenters. The zero-order valence-corrected chi connectivity index (χ0v) is 17.9. The zero-order valence-electron chi connectivity index (χ0n) is 16.3. The molecule has 3 aromatic carbocycles. The number of anilines is 1. The second kappa shape index (κ2) is 8.99. The van der Waals surface area contributed by atoms with Crippen molar-refractivity contribution in [2.24, 2.45) is 0 Å². The Morgan fingerprint density at radius 2 is 1.87 bits per heavy atom. The van der Waals surface area contributed by atoms with Crippen molar-refractivity contribution in [3.63, 3.8) is 0 Å². The van der Waals surface area contributed by atoms with Gasteiger partial charge < -0.3 is 9.88 Å². The van der Waals surface area contributed by atoms with Crippen LogP contribution in [0.15, 0.2) is 89.0 Å². The van der Waals surface area contributed by atoms with E-state index in [9.17, 15) is 14.4 Å². The molecule has 0 unspecified atom stereocenters. The van der Waals surface area contributed by atoms with E-state index in [1.165, 1.54) is 12.1 Å². The molecule has 6 heteroatoms. The fourth-order valence-electron chi connectivity index (χ4n) is 3.39. The van der Waals surface area contributed by atoms with E-state index in [0.717, 1.165) is 26.5 Å². The van der Waals surface area contributed by atoms with Crippen molar-refractivity contribution < 1.29 is 9.18 Å². The van der Waals surface area contributed by atoms with E-state index in [1.54, 1.807) is 24.3 Å². The van der Waals surface area contributed by atoms with Crippen LogP contribution < -0.4 is 5.32 Å². The molecule has 152 valence electrons. The Hall–Kier alpha value is -3.69. The SMILES string of the molecule is N#C/C(=C\c1cn(Cc2cccc(F)c2)c2ccccc12)C(=O)Nc1ccc(Br)cc1. The summed E-state index contributed by atoms with van der Waals surface area (Å²) in [6.07, 6.45) is 3.46. The highest BCUT2D eigenvalue weighted by Crippen LogP contribution is 2.25. The summed E-state index contributed by atoms with van der Waals surface area (Å²) >= 11 is 3.35. The fourth-order valence-corrected chi connectivity index (χ4v) is 3.65. The molecule has 1 amide bonds. The number of rotatable bonds is 5. The molecular formula is C25H17BrFN3O. The number of halogens is 2. The number of para-hydroxylation sites is 1. The van der Waals surface area contributed by atoms with Gasteiger partial charge in [0.25, 0.3) is 5.91 Å². The number of carbonyl (C=O) groups is 1. The first-order chi connectivity index (χ1) is 15.0. The minimum Gasteiger partial charge on any atom is -0.342 e. The molecule has 0 saturated carbocycles. The van der Waals surface area contributed by atoms with Crippen LogP contribution in [-0.4, -0.2) is 10.5 Å². The molecule has 1 aromatic heterocycles. The average Bonchev–Trinajstić information content (AvgIpc) is 3.11. The molecule has 31 heavy (non-hydrogen) atoms. The highest BCUT2D eigenvalue weighted by molar-refractivity contribution is 9.10. The molecule has 0 fully saturated rings. The van der Waals surface area contributed by atoms with Gasteiger partial charge in [-0.2, -0.15) is 5.26 Å². The average molecular weight is 474 g/mol. The number of amides is 1. The Kier molecular flexibility index (Phi) is 5.96. The fraction of sp³-hybridized carbons (Fsp3) is 0.0400. The number of hydrogen-bond donors (Lipinski definition) is 1. The van der Waals surface area contributed by atoms with Crippen molar-refractivity contribution in [2.75, 3.05) is 5.32 Å². The zero-order chi connectivity index (χ0) is 21.8. The highest BCUT2D eigenvalue weighted by atomic mass is 79.9. The first-order valence-corrected chi connectivity index (χ1v) is 10.3. The topological polar surface area (TPSA) is 57.8 Å². The normalized spacial score (nSPS) is 11.3. The number of hydrogen-bond acceptors (Lipinski definition) is 2. The summed E-state index contributed by atoms with van der Waals surface area (Å²) in [5.74, 6) is -0.766. The van der Waals surface area contributed by atoms with Gasteiger partial charge in [0.05, 0.1) is 0 Å². The van der Waals surface area contributed by atoms with Gasteiger partial charge in [0.1, 0.15) is 17.5 Å². The van der Waals surface area contributed by atoms with Crippen LogP contribution in [0.25, 0.3) is 17.0 Å². The van der Waals surface area contributed by atoms with E-state index in [2.05, 4.69) is 21.2 Å². The summed E-state index contributed by atoms with van der Waals surface area (Å²) in [6.45, 7) is 0.471. The maximum absolute atomic E-state index is 13.6. The molecule has 0 spiro atoms. The maximum Gasteiger partial charge on any atom is 0.266 e. The Bertz CT molecular complexity index is 1330. The van der Waals surface area contributed by atoms with Crippen LogP contribution in [0.2, 0.25) is 0 Å². The third-order valence-corrected chi connectivity index (χ3v) is 5.36. The predicted octanol–water partition coefficient (Wildman–Crippen LogP) is 6.14. The lowest BCUT2D eigenvalue weighted by Crippen LogP contribution is -2.13. The van der Waals surface area contributed by atoms with Crippen LogP contribution in [0.5, 0.6) is 0 Å². The number of aromatic nitrogens is 1. The van der Waals surface area contributed by atoms with Gasteiger partial charge in [-0.1, -0.05) is 46.3 Å². The third kappa shape index (κ3) is 4.73. The number of nitrogens with one attached hydrogen (secondary N) is 1. The Balaban J connectivity index is 1.67. The predicted molar refractivity (Wildman–Crippen MR) is 124 cm³/mol. The molecular weight excluding hydrogens is 457 g/mol. The Morgan fingerprint density at radius 3 is 2.61 bits per heavy atom. The highest BCUT2D eigenvalue weighted by Gasteiger charge is 2.13. The van der Waals surface area contributed by atoms with E-state index < -0.39 is 5.91 Å². The van der Waals surface area contributed by atoms with Gasteiger partial charge >= 0.3 is 0 Å². The minimum absolute atomic E-state index is 0.00317. The van der Waals surface area contributed by atoms with Crippen LogP contribution >= 0.6 is 15.9 Å². The van der Waals surface area contributed by atoms with Crippen molar-refractivity contribution in [2.45, 2.75) is 6.54 Å². The van der Waals surface area contributed by atoms with Crippen molar-refractivity contribution in [1.82, 2.24) is 4.57 Å². The lowest BCUT2D eigenvalue weighted by molar-refractivity contribution is -0.112. The van der Waals surface area contributed by atoms with Crippen molar-refractivity contribution in [3.05, 3.63) is 106 Å². The van der Waals surface area contributed by atoms with Crippen molar-refractivity contribution >= 4 is 44.5 Å². The van der Waals surface area contributed by atoms with E-state index in [-0.39, 0.29) is 11.4 Å². The maximum atomic E-state index is 13.6. The van der Waals surface area contributed by atoms with Crippen LogP contribution in [0.3, 0.4) is 0 Å². The molecule has 0 aliphatic carbocycles.